The number of hydrogen-bond acceptors (Lipinski definition) is 4. The summed E-state index contributed by atoms with van der Waals surface area (Å²) in [6, 6.07) is 5.78. The molecule has 4 nitrogen and oxygen atoms in total. The van der Waals surface area contributed by atoms with Gasteiger partial charge in [-0.2, -0.15) is 0 Å². The maximum atomic E-state index is 12.0. The van der Waals surface area contributed by atoms with Gasteiger partial charge in [-0.1, -0.05) is 12.1 Å². The van der Waals surface area contributed by atoms with Gasteiger partial charge in [-0.15, -0.1) is 0 Å². The minimum absolute atomic E-state index is 0.348. The summed E-state index contributed by atoms with van der Waals surface area (Å²) in [6.45, 7) is 4.84. The third-order valence-electron chi connectivity index (χ3n) is 2.70. The highest BCUT2D eigenvalue weighted by Gasteiger charge is 2.16. The van der Waals surface area contributed by atoms with E-state index in [4.69, 9.17) is 4.74 Å². The van der Waals surface area contributed by atoms with Gasteiger partial charge in [0.15, 0.2) is 0 Å². The molecule has 5 heteroatoms. The number of nitrogens with zero attached hydrogens (tertiary/aromatic N) is 1. The minimum atomic E-state index is -0.354. The van der Waals surface area contributed by atoms with Crippen molar-refractivity contribution in [3.63, 3.8) is 0 Å². The van der Waals surface area contributed by atoms with Crippen molar-refractivity contribution in [1.29, 1.82) is 0 Å². The largest absolute Gasteiger partial charge is 0.462 e. The van der Waals surface area contributed by atoms with Crippen LogP contribution in [-0.2, 0) is 4.74 Å². The number of para-hydroxylation sites is 1. The third kappa shape index (κ3) is 2.71. The average Bonchev–Trinajstić information content (AvgIpc) is 2.40. The summed E-state index contributed by atoms with van der Waals surface area (Å²) in [5.74, 6) is -0.354. The van der Waals surface area contributed by atoms with Crippen molar-refractivity contribution >= 4 is 38.5 Å². The molecule has 0 radical (unpaired) electrons. The van der Waals surface area contributed by atoms with Crippen molar-refractivity contribution in [2.75, 3.05) is 18.5 Å². The summed E-state index contributed by atoms with van der Waals surface area (Å²) < 4.78 is 5.97. The molecule has 0 saturated carbocycles. The Hall–Kier alpha value is -1.62. The van der Waals surface area contributed by atoms with Gasteiger partial charge in [0.25, 0.3) is 0 Å². The van der Waals surface area contributed by atoms with Crippen molar-refractivity contribution in [3.05, 3.63) is 34.4 Å². The highest BCUT2D eigenvalue weighted by Crippen LogP contribution is 2.30. The number of nitrogens with one attached hydrogen (secondary N) is 1. The maximum Gasteiger partial charge on any atom is 0.341 e. The van der Waals surface area contributed by atoms with Gasteiger partial charge in [0.05, 0.1) is 17.8 Å². The fourth-order valence-electron chi connectivity index (χ4n) is 1.92. The first-order valence-corrected chi connectivity index (χ1v) is 6.96. The molecular formula is C14H15BrN2O2. The number of carbonyl (C=O) groups is 1. The van der Waals surface area contributed by atoms with E-state index in [1.54, 1.807) is 13.1 Å². The monoisotopic (exact) mass is 322 g/mol. The van der Waals surface area contributed by atoms with Gasteiger partial charge in [-0.05, 0) is 35.8 Å². The van der Waals surface area contributed by atoms with E-state index in [0.29, 0.717) is 12.2 Å². The quantitative estimate of drug-likeness (QED) is 0.874. The Morgan fingerprint density at radius 2 is 2.21 bits per heavy atom. The van der Waals surface area contributed by atoms with Gasteiger partial charge in [0.1, 0.15) is 5.56 Å². The van der Waals surface area contributed by atoms with E-state index in [1.165, 1.54) is 0 Å². The van der Waals surface area contributed by atoms with Crippen LogP contribution in [0.15, 0.2) is 28.9 Å². The number of anilines is 1. The second kappa shape index (κ2) is 6.02. The second-order valence-electron chi connectivity index (χ2n) is 3.93. The van der Waals surface area contributed by atoms with Crippen LogP contribution in [0.25, 0.3) is 10.9 Å². The van der Waals surface area contributed by atoms with Crippen LogP contribution in [0, 0.1) is 0 Å². The Morgan fingerprint density at radius 3 is 2.89 bits per heavy atom. The zero-order valence-electron chi connectivity index (χ0n) is 10.9. The molecule has 0 bridgehead atoms. The standard InChI is InChI=1S/C14H15BrN2O2/c1-3-16-12-9-6-5-7-11(15)13(9)17-8-10(12)14(18)19-4-2/h5-8H,3-4H2,1-2H3,(H,16,17). The minimum Gasteiger partial charge on any atom is -0.462 e. The molecule has 1 aromatic heterocycles. The number of fused-ring (bicyclic) bond motifs is 1. The number of rotatable bonds is 4. The second-order valence-corrected chi connectivity index (χ2v) is 4.79. The number of hydrogen-bond donors (Lipinski definition) is 1. The molecular weight excluding hydrogens is 308 g/mol. The molecule has 0 spiro atoms. The van der Waals surface area contributed by atoms with Gasteiger partial charge in [-0.3, -0.25) is 4.98 Å². The molecule has 0 atom stereocenters. The van der Waals surface area contributed by atoms with Crippen LogP contribution >= 0.6 is 15.9 Å². The lowest BCUT2D eigenvalue weighted by molar-refractivity contribution is 0.0527. The Morgan fingerprint density at radius 1 is 1.42 bits per heavy atom. The van der Waals surface area contributed by atoms with Crippen molar-refractivity contribution in [1.82, 2.24) is 4.98 Å². The SMILES string of the molecule is CCNc1c(C(=O)OCC)cnc2c(Br)cccc12. The number of benzene rings is 1. The first-order chi connectivity index (χ1) is 9.19. The smallest absolute Gasteiger partial charge is 0.341 e. The fourth-order valence-corrected chi connectivity index (χ4v) is 2.39. The molecule has 0 aliphatic rings. The molecule has 0 amide bonds. The van der Waals surface area contributed by atoms with Crippen LogP contribution in [0.5, 0.6) is 0 Å². The average molecular weight is 323 g/mol. The van der Waals surface area contributed by atoms with E-state index in [1.807, 2.05) is 25.1 Å². The van der Waals surface area contributed by atoms with E-state index in [0.717, 1.165) is 27.6 Å². The van der Waals surface area contributed by atoms with E-state index < -0.39 is 0 Å². The molecule has 2 aromatic rings. The Kier molecular flexibility index (Phi) is 4.37. The Balaban J connectivity index is 2.65. The highest BCUT2D eigenvalue weighted by atomic mass is 79.9. The number of halogens is 1. The van der Waals surface area contributed by atoms with Gasteiger partial charge < -0.3 is 10.1 Å². The van der Waals surface area contributed by atoms with Gasteiger partial charge in [0, 0.05) is 22.6 Å². The molecule has 1 heterocycles. The number of carbonyl (C=O) groups excluding carboxylic acids is 1. The zero-order chi connectivity index (χ0) is 13.8. The summed E-state index contributed by atoms with van der Waals surface area (Å²) in [5, 5.41) is 4.13. The van der Waals surface area contributed by atoms with Crippen molar-refractivity contribution in [2.24, 2.45) is 0 Å². The van der Waals surface area contributed by atoms with Gasteiger partial charge >= 0.3 is 5.97 Å². The van der Waals surface area contributed by atoms with E-state index >= 15 is 0 Å². The van der Waals surface area contributed by atoms with Crippen LogP contribution in [-0.4, -0.2) is 24.1 Å². The van der Waals surface area contributed by atoms with Gasteiger partial charge in [0.2, 0.25) is 0 Å². The highest BCUT2D eigenvalue weighted by molar-refractivity contribution is 9.10. The van der Waals surface area contributed by atoms with Crippen molar-refractivity contribution in [2.45, 2.75) is 13.8 Å². The molecule has 1 N–H and O–H groups in total. The third-order valence-corrected chi connectivity index (χ3v) is 3.34. The van der Waals surface area contributed by atoms with E-state index in [-0.39, 0.29) is 5.97 Å². The molecule has 0 saturated heterocycles. The summed E-state index contributed by atoms with van der Waals surface area (Å²) in [7, 11) is 0. The van der Waals surface area contributed by atoms with Crippen LogP contribution in [0.4, 0.5) is 5.69 Å². The Labute approximate surface area is 120 Å². The predicted octanol–water partition coefficient (Wildman–Crippen LogP) is 3.61. The van der Waals surface area contributed by atoms with Crippen LogP contribution in [0.3, 0.4) is 0 Å². The van der Waals surface area contributed by atoms with E-state index in [2.05, 4.69) is 26.2 Å². The van der Waals surface area contributed by atoms with Crippen LogP contribution < -0.4 is 5.32 Å². The lowest BCUT2D eigenvalue weighted by atomic mass is 10.1. The first kappa shape index (κ1) is 13.8. The van der Waals surface area contributed by atoms with Crippen molar-refractivity contribution < 1.29 is 9.53 Å². The Bertz CT molecular complexity index is 614. The fraction of sp³-hybridized carbons (Fsp3) is 0.286. The topological polar surface area (TPSA) is 51.2 Å². The summed E-state index contributed by atoms with van der Waals surface area (Å²) in [4.78, 5) is 16.3. The maximum absolute atomic E-state index is 12.0. The molecule has 0 aliphatic carbocycles. The number of esters is 1. The first-order valence-electron chi connectivity index (χ1n) is 6.17. The molecule has 0 aliphatic heterocycles. The van der Waals surface area contributed by atoms with E-state index in [9.17, 15) is 4.79 Å². The molecule has 2 rings (SSSR count). The van der Waals surface area contributed by atoms with Crippen molar-refractivity contribution in [3.8, 4) is 0 Å². The summed E-state index contributed by atoms with van der Waals surface area (Å²) in [6.07, 6.45) is 1.56. The summed E-state index contributed by atoms with van der Waals surface area (Å²) in [5.41, 5.74) is 2.06. The lowest BCUT2D eigenvalue weighted by Crippen LogP contribution is -2.11. The number of ether oxygens (including phenoxy) is 1. The van der Waals surface area contributed by atoms with Gasteiger partial charge in [-0.25, -0.2) is 4.79 Å². The number of aromatic nitrogens is 1. The van der Waals surface area contributed by atoms with Crippen LogP contribution in [0.2, 0.25) is 0 Å². The number of pyridine rings is 1. The van der Waals surface area contributed by atoms with Crippen LogP contribution in [0.1, 0.15) is 24.2 Å². The normalized spacial score (nSPS) is 10.5. The lowest BCUT2D eigenvalue weighted by Gasteiger charge is -2.13. The molecule has 1 aromatic carbocycles. The molecule has 0 fully saturated rings. The molecule has 100 valence electrons. The summed E-state index contributed by atoms with van der Waals surface area (Å²) >= 11 is 3.47. The molecule has 19 heavy (non-hydrogen) atoms. The predicted molar refractivity (Wildman–Crippen MR) is 79.6 cm³/mol. The molecule has 0 unspecified atom stereocenters. The zero-order valence-corrected chi connectivity index (χ0v) is 12.5.